The van der Waals surface area contributed by atoms with E-state index in [0.29, 0.717) is 12.3 Å². The molecule has 0 saturated carbocycles. The van der Waals surface area contributed by atoms with Crippen molar-refractivity contribution in [3.8, 4) is 5.75 Å². The number of aliphatic hydroxyl groups is 1. The Bertz CT molecular complexity index is 370. The van der Waals surface area contributed by atoms with Crippen LogP contribution in [0.2, 0.25) is 0 Å². The highest BCUT2D eigenvalue weighted by atomic mass is 79.9. The number of phenolic OH excluding ortho intramolecular Hbond substituents is 1. The smallest absolute Gasteiger partial charge is 0.134 e. The number of likely N-dealkylation sites (tertiary alicyclic amines) is 1. The van der Waals surface area contributed by atoms with E-state index in [2.05, 4.69) is 20.8 Å². The predicted molar refractivity (Wildman–Crippen MR) is 66.3 cm³/mol. The molecule has 88 valence electrons. The van der Waals surface area contributed by atoms with E-state index in [4.69, 9.17) is 0 Å². The van der Waals surface area contributed by atoms with Crippen molar-refractivity contribution in [1.29, 1.82) is 0 Å². The zero-order valence-electron chi connectivity index (χ0n) is 9.06. The second kappa shape index (κ2) is 5.17. The molecule has 3 nitrogen and oxygen atoms in total. The standard InChI is InChI=1S/C12H16BrNO2/c13-11-5-1-3-9(12(11)16)7-14-6-2-4-10(14)8-15/h1,3,5,10,15-16H,2,4,6-8H2/t10-/m0/s1. The van der Waals surface area contributed by atoms with E-state index >= 15 is 0 Å². The van der Waals surface area contributed by atoms with Gasteiger partial charge in [0.2, 0.25) is 0 Å². The Labute approximate surface area is 104 Å². The fourth-order valence-electron chi connectivity index (χ4n) is 2.22. The van der Waals surface area contributed by atoms with Crippen molar-refractivity contribution in [2.45, 2.75) is 25.4 Å². The Hall–Kier alpha value is -0.580. The molecule has 1 saturated heterocycles. The number of hydrogen-bond donors (Lipinski definition) is 2. The summed E-state index contributed by atoms with van der Waals surface area (Å²) < 4.78 is 0.727. The van der Waals surface area contributed by atoms with Crippen LogP contribution in [0.25, 0.3) is 0 Å². The molecule has 0 spiro atoms. The summed E-state index contributed by atoms with van der Waals surface area (Å²) in [5.41, 5.74) is 0.912. The van der Waals surface area contributed by atoms with Crippen LogP contribution in [0.4, 0.5) is 0 Å². The van der Waals surface area contributed by atoms with Crippen LogP contribution in [0.15, 0.2) is 22.7 Å². The quantitative estimate of drug-likeness (QED) is 0.894. The van der Waals surface area contributed by atoms with Crippen molar-refractivity contribution in [3.05, 3.63) is 28.2 Å². The van der Waals surface area contributed by atoms with Gasteiger partial charge in [-0.3, -0.25) is 4.90 Å². The first-order chi connectivity index (χ1) is 7.72. The lowest BCUT2D eigenvalue weighted by Gasteiger charge is -2.23. The molecule has 1 aromatic carbocycles. The molecular formula is C12H16BrNO2. The number of para-hydroxylation sites is 1. The number of aliphatic hydroxyl groups excluding tert-OH is 1. The first kappa shape index (κ1) is 11.9. The molecule has 1 fully saturated rings. The molecule has 0 aromatic heterocycles. The van der Waals surface area contributed by atoms with E-state index in [1.807, 2.05) is 18.2 Å². The number of nitrogens with zero attached hydrogens (tertiary/aromatic N) is 1. The maximum atomic E-state index is 9.88. The molecule has 1 aromatic rings. The van der Waals surface area contributed by atoms with Crippen LogP contribution >= 0.6 is 15.9 Å². The lowest BCUT2D eigenvalue weighted by molar-refractivity contribution is 0.152. The number of halogens is 1. The van der Waals surface area contributed by atoms with Gasteiger partial charge < -0.3 is 10.2 Å². The number of phenols is 1. The van der Waals surface area contributed by atoms with Crippen molar-refractivity contribution in [1.82, 2.24) is 4.90 Å². The van der Waals surface area contributed by atoms with Crippen molar-refractivity contribution in [2.24, 2.45) is 0 Å². The summed E-state index contributed by atoms with van der Waals surface area (Å²) in [6.45, 7) is 1.91. The van der Waals surface area contributed by atoms with Crippen LogP contribution in [0.5, 0.6) is 5.75 Å². The average molecular weight is 286 g/mol. The zero-order valence-corrected chi connectivity index (χ0v) is 10.7. The second-order valence-corrected chi connectivity index (χ2v) is 5.05. The third-order valence-electron chi connectivity index (χ3n) is 3.15. The first-order valence-corrected chi connectivity index (χ1v) is 6.33. The molecule has 1 atom stereocenters. The number of hydrogen-bond acceptors (Lipinski definition) is 3. The Balaban J connectivity index is 2.11. The summed E-state index contributed by atoms with van der Waals surface area (Å²) >= 11 is 3.31. The molecule has 4 heteroatoms. The molecular weight excluding hydrogens is 270 g/mol. The molecule has 0 bridgehead atoms. The third kappa shape index (κ3) is 2.39. The van der Waals surface area contributed by atoms with E-state index in [-0.39, 0.29) is 12.6 Å². The summed E-state index contributed by atoms with van der Waals surface area (Å²) in [6.07, 6.45) is 2.17. The fraction of sp³-hybridized carbons (Fsp3) is 0.500. The Morgan fingerprint density at radius 2 is 2.25 bits per heavy atom. The molecule has 0 unspecified atom stereocenters. The maximum Gasteiger partial charge on any atom is 0.134 e. The van der Waals surface area contributed by atoms with Gasteiger partial charge in [-0.05, 0) is 41.4 Å². The van der Waals surface area contributed by atoms with E-state index in [1.54, 1.807) is 0 Å². The van der Waals surface area contributed by atoms with Crippen LogP contribution in [0.3, 0.4) is 0 Å². The van der Waals surface area contributed by atoms with Gasteiger partial charge in [-0.1, -0.05) is 12.1 Å². The first-order valence-electron chi connectivity index (χ1n) is 5.53. The topological polar surface area (TPSA) is 43.7 Å². The highest BCUT2D eigenvalue weighted by Crippen LogP contribution is 2.30. The van der Waals surface area contributed by atoms with E-state index in [9.17, 15) is 10.2 Å². The lowest BCUT2D eigenvalue weighted by atomic mass is 10.1. The zero-order chi connectivity index (χ0) is 11.5. The Kier molecular flexibility index (Phi) is 3.84. The van der Waals surface area contributed by atoms with Crippen LogP contribution < -0.4 is 0 Å². The number of rotatable bonds is 3. The molecule has 0 radical (unpaired) electrons. The monoisotopic (exact) mass is 285 g/mol. The minimum atomic E-state index is 0.203. The number of benzene rings is 1. The minimum Gasteiger partial charge on any atom is -0.506 e. The lowest BCUT2D eigenvalue weighted by Crippen LogP contribution is -2.31. The van der Waals surface area contributed by atoms with Gasteiger partial charge in [-0.15, -0.1) is 0 Å². The van der Waals surface area contributed by atoms with Crippen molar-refractivity contribution in [3.63, 3.8) is 0 Å². The largest absolute Gasteiger partial charge is 0.506 e. The molecule has 1 aliphatic heterocycles. The van der Waals surface area contributed by atoms with Gasteiger partial charge in [0.25, 0.3) is 0 Å². The Morgan fingerprint density at radius 1 is 1.44 bits per heavy atom. The van der Waals surface area contributed by atoms with Crippen LogP contribution in [-0.2, 0) is 6.54 Å². The second-order valence-electron chi connectivity index (χ2n) is 4.20. The normalized spacial score (nSPS) is 21.5. The SMILES string of the molecule is OC[C@@H]1CCCN1Cc1cccc(Br)c1O. The third-order valence-corrected chi connectivity index (χ3v) is 3.79. The number of aromatic hydroxyl groups is 1. The van der Waals surface area contributed by atoms with Gasteiger partial charge in [0.1, 0.15) is 5.75 Å². The van der Waals surface area contributed by atoms with Gasteiger partial charge in [-0.25, -0.2) is 0 Å². The molecule has 16 heavy (non-hydrogen) atoms. The summed E-state index contributed by atoms with van der Waals surface area (Å²) in [7, 11) is 0. The molecule has 0 aliphatic carbocycles. The van der Waals surface area contributed by atoms with Crippen molar-refractivity contribution < 1.29 is 10.2 Å². The molecule has 2 rings (SSSR count). The molecule has 1 heterocycles. The summed E-state index contributed by atoms with van der Waals surface area (Å²) in [6, 6.07) is 5.92. The summed E-state index contributed by atoms with van der Waals surface area (Å²) in [4.78, 5) is 2.22. The van der Waals surface area contributed by atoms with Gasteiger partial charge in [0.15, 0.2) is 0 Å². The van der Waals surface area contributed by atoms with Crippen LogP contribution in [0, 0.1) is 0 Å². The molecule has 1 aliphatic rings. The summed E-state index contributed by atoms with van der Waals surface area (Å²) in [5, 5.41) is 19.1. The molecule has 2 N–H and O–H groups in total. The van der Waals surface area contributed by atoms with E-state index < -0.39 is 0 Å². The van der Waals surface area contributed by atoms with Gasteiger partial charge >= 0.3 is 0 Å². The highest BCUT2D eigenvalue weighted by molar-refractivity contribution is 9.10. The van der Waals surface area contributed by atoms with Crippen molar-refractivity contribution in [2.75, 3.05) is 13.2 Å². The summed E-state index contributed by atoms with van der Waals surface area (Å²) in [5.74, 6) is 0.311. The van der Waals surface area contributed by atoms with E-state index in [0.717, 1.165) is 29.4 Å². The van der Waals surface area contributed by atoms with Gasteiger partial charge in [-0.2, -0.15) is 0 Å². The van der Waals surface area contributed by atoms with E-state index in [1.165, 1.54) is 0 Å². The van der Waals surface area contributed by atoms with Gasteiger partial charge in [0.05, 0.1) is 11.1 Å². The minimum absolute atomic E-state index is 0.203. The maximum absolute atomic E-state index is 9.88. The predicted octanol–water partition coefficient (Wildman–Crippen LogP) is 2.11. The highest BCUT2D eigenvalue weighted by Gasteiger charge is 2.24. The van der Waals surface area contributed by atoms with Gasteiger partial charge in [0, 0.05) is 18.2 Å². The van der Waals surface area contributed by atoms with Crippen LogP contribution in [-0.4, -0.2) is 34.3 Å². The average Bonchev–Trinajstić information content (AvgIpc) is 2.72. The fourth-order valence-corrected chi connectivity index (χ4v) is 2.62. The molecule has 0 amide bonds. The Morgan fingerprint density at radius 3 is 3.00 bits per heavy atom. The van der Waals surface area contributed by atoms with Crippen molar-refractivity contribution >= 4 is 15.9 Å². The van der Waals surface area contributed by atoms with Crippen LogP contribution in [0.1, 0.15) is 18.4 Å².